The second-order valence-electron chi connectivity index (χ2n) is 10.4. The zero-order chi connectivity index (χ0) is 20.3. The summed E-state index contributed by atoms with van der Waals surface area (Å²) in [6.45, 7) is 6.32. The van der Waals surface area contributed by atoms with Crippen LogP contribution in [0.1, 0.15) is 78.6 Å². The fraction of sp³-hybridized carbons (Fsp3) is 0.870. The lowest BCUT2D eigenvalue weighted by atomic mass is 9.45. The van der Waals surface area contributed by atoms with Gasteiger partial charge in [0.25, 0.3) is 0 Å². The van der Waals surface area contributed by atoms with Gasteiger partial charge in [-0.05, 0) is 68.1 Å². The molecule has 4 aliphatic rings. The van der Waals surface area contributed by atoms with Crippen LogP contribution in [0.4, 0.5) is 0 Å². The first kappa shape index (κ1) is 22.7. The van der Waals surface area contributed by atoms with E-state index < -0.39 is 6.04 Å². The third kappa shape index (κ3) is 3.46. The lowest BCUT2D eigenvalue weighted by Gasteiger charge is -2.59. The van der Waals surface area contributed by atoms with Crippen molar-refractivity contribution in [3.05, 3.63) is 0 Å². The lowest BCUT2D eigenvalue weighted by molar-refractivity contribution is -0.170. The fourth-order valence-electron chi connectivity index (χ4n) is 7.30. The van der Waals surface area contributed by atoms with Crippen LogP contribution in [0.25, 0.3) is 0 Å². The average molecular weight is 426 g/mol. The first-order valence-corrected chi connectivity index (χ1v) is 11.2. The molecule has 0 spiro atoms. The van der Waals surface area contributed by atoms with Crippen LogP contribution in [-0.2, 0) is 19.1 Å². The molecule has 4 fully saturated rings. The van der Waals surface area contributed by atoms with Gasteiger partial charge in [-0.2, -0.15) is 0 Å². The van der Waals surface area contributed by atoms with Gasteiger partial charge >= 0.3 is 5.97 Å². The first-order chi connectivity index (χ1) is 13.2. The Hall–Kier alpha value is -0.940. The Morgan fingerprint density at radius 1 is 1.17 bits per heavy atom. The summed E-state index contributed by atoms with van der Waals surface area (Å²) in [5.41, 5.74) is 5.58. The fourth-order valence-corrected chi connectivity index (χ4v) is 7.30. The lowest BCUT2D eigenvalue weighted by Crippen LogP contribution is -2.57. The van der Waals surface area contributed by atoms with E-state index in [-0.39, 0.29) is 41.2 Å². The Morgan fingerprint density at radius 2 is 1.90 bits per heavy atom. The molecule has 29 heavy (non-hydrogen) atoms. The predicted octanol–water partition coefficient (Wildman–Crippen LogP) is 3.85. The molecule has 0 heterocycles. The number of carbonyl (C=O) groups is 3. The number of hydrogen-bond donors (Lipinski definition) is 1. The Balaban J connectivity index is 0.00000240. The van der Waals surface area contributed by atoms with E-state index in [0.717, 1.165) is 32.1 Å². The number of rotatable bonds is 3. The Bertz CT molecular complexity index is 696. The van der Waals surface area contributed by atoms with Gasteiger partial charge in [0.2, 0.25) is 0 Å². The quantitative estimate of drug-likeness (QED) is 0.694. The summed E-state index contributed by atoms with van der Waals surface area (Å²) < 4.78 is 5.66. The van der Waals surface area contributed by atoms with Gasteiger partial charge in [0.15, 0.2) is 0 Å². The molecule has 0 amide bonds. The molecule has 0 bridgehead atoms. The van der Waals surface area contributed by atoms with E-state index in [1.807, 2.05) is 6.92 Å². The van der Waals surface area contributed by atoms with Crippen molar-refractivity contribution in [3.8, 4) is 0 Å². The third-order valence-corrected chi connectivity index (χ3v) is 9.14. The first-order valence-electron chi connectivity index (χ1n) is 11.2. The summed E-state index contributed by atoms with van der Waals surface area (Å²) in [6.07, 6.45) is 7.02. The molecule has 5 nitrogen and oxygen atoms in total. The number of fused-ring (bicyclic) bond motifs is 5. The highest BCUT2D eigenvalue weighted by Gasteiger charge is 2.62. The van der Waals surface area contributed by atoms with Crippen LogP contribution in [0.5, 0.6) is 0 Å². The number of esters is 1. The van der Waals surface area contributed by atoms with Gasteiger partial charge in [0.05, 0.1) is 0 Å². The minimum atomic E-state index is -0.573. The minimum absolute atomic E-state index is 0. The molecule has 2 N–H and O–H groups in total. The molecule has 8 atom stereocenters. The van der Waals surface area contributed by atoms with Gasteiger partial charge in [0, 0.05) is 24.2 Å². The molecule has 0 aromatic carbocycles. The van der Waals surface area contributed by atoms with E-state index in [9.17, 15) is 14.4 Å². The molecular formula is C23H36ClNO4. The number of halogens is 1. The second kappa shape index (κ2) is 7.96. The van der Waals surface area contributed by atoms with Crippen molar-refractivity contribution in [2.45, 2.75) is 90.7 Å². The normalized spacial score (nSPS) is 44.8. The zero-order valence-electron chi connectivity index (χ0n) is 17.9. The predicted molar refractivity (Wildman–Crippen MR) is 113 cm³/mol. The number of ether oxygens (including phenoxy) is 1. The van der Waals surface area contributed by atoms with E-state index in [1.54, 1.807) is 0 Å². The highest BCUT2D eigenvalue weighted by atomic mass is 35.5. The van der Waals surface area contributed by atoms with E-state index in [2.05, 4.69) is 13.8 Å². The summed E-state index contributed by atoms with van der Waals surface area (Å²) in [4.78, 5) is 37.9. The number of Topliss-reactive ketones (excluding diaryl/α,β-unsaturated/α-hetero) is 2. The summed E-state index contributed by atoms with van der Waals surface area (Å²) in [5.74, 6) is 1.61. The van der Waals surface area contributed by atoms with E-state index in [0.29, 0.717) is 55.0 Å². The van der Waals surface area contributed by atoms with Crippen LogP contribution in [-0.4, -0.2) is 29.7 Å². The van der Waals surface area contributed by atoms with Gasteiger partial charge in [-0.3, -0.25) is 14.4 Å². The van der Waals surface area contributed by atoms with Crippen molar-refractivity contribution in [1.29, 1.82) is 0 Å². The zero-order valence-corrected chi connectivity index (χ0v) is 18.8. The van der Waals surface area contributed by atoms with Gasteiger partial charge in [-0.1, -0.05) is 20.8 Å². The van der Waals surface area contributed by atoms with E-state index in [4.69, 9.17) is 10.5 Å². The largest absolute Gasteiger partial charge is 0.461 e. The van der Waals surface area contributed by atoms with Gasteiger partial charge < -0.3 is 10.5 Å². The molecule has 0 aromatic rings. The standard InChI is InChI=1S/C23H35NO4.ClH/c1-4-18(24)21(27)28-13-7-9-22(2)16-8-10-23(3)15(5-6-20(23)26)14(16)12-19(25)17(22)11-13;/h13-18H,4-12,24H2,1-3H3;1H/t13-,14-,15-,16-,17?,18-,22+,23-;/m0./s1. The summed E-state index contributed by atoms with van der Waals surface area (Å²) >= 11 is 0. The van der Waals surface area contributed by atoms with Crippen LogP contribution in [0.3, 0.4) is 0 Å². The van der Waals surface area contributed by atoms with Crippen molar-refractivity contribution in [2.75, 3.05) is 0 Å². The van der Waals surface area contributed by atoms with Crippen molar-refractivity contribution >= 4 is 29.9 Å². The van der Waals surface area contributed by atoms with Crippen LogP contribution in [0.15, 0.2) is 0 Å². The van der Waals surface area contributed by atoms with Crippen molar-refractivity contribution in [2.24, 2.45) is 40.2 Å². The Kier molecular flexibility index (Phi) is 6.24. The minimum Gasteiger partial charge on any atom is -0.461 e. The molecule has 4 aliphatic carbocycles. The molecule has 6 heteroatoms. The van der Waals surface area contributed by atoms with Crippen LogP contribution >= 0.6 is 12.4 Å². The van der Waals surface area contributed by atoms with Crippen LogP contribution < -0.4 is 5.73 Å². The molecule has 1 unspecified atom stereocenters. The Morgan fingerprint density at radius 3 is 2.59 bits per heavy atom. The maximum absolute atomic E-state index is 13.2. The topological polar surface area (TPSA) is 86.5 Å². The molecule has 0 saturated heterocycles. The average Bonchev–Trinajstić information content (AvgIpc) is 2.97. The van der Waals surface area contributed by atoms with Crippen LogP contribution in [0, 0.1) is 34.5 Å². The highest BCUT2D eigenvalue weighted by Crippen LogP contribution is 2.64. The molecule has 4 saturated carbocycles. The summed E-state index contributed by atoms with van der Waals surface area (Å²) in [5, 5.41) is 0. The van der Waals surface area contributed by atoms with E-state index >= 15 is 0 Å². The van der Waals surface area contributed by atoms with Crippen molar-refractivity contribution < 1.29 is 19.1 Å². The third-order valence-electron chi connectivity index (χ3n) is 9.14. The van der Waals surface area contributed by atoms with E-state index in [1.165, 1.54) is 0 Å². The summed E-state index contributed by atoms with van der Waals surface area (Å²) in [6, 6.07) is -0.573. The number of hydrogen-bond acceptors (Lipinski definition) is 5. The van der Waals surface area contributed by atoms with Gasteiger partial charge in [-0.15, -0.1) is 12.4 Å². The smallest absolute Gasteiger partial charge is 0.323 e. The maximum atomic E-state index is 13.2. The maximum Gasteiger partial charge on any atom is 0.323 e. The van der Waals surface area contributed by atoms with Gasteiger partial charge in [0.1, 0.15) is 23.7 Å². The van der Waals surface area contributed by atoms with Gasteiger partial charge in [-0.25, -0.2) is 0 Å². The molecule has 4 rings (SSSR count). The van der Waals surface area contributed by atoms with Crippen molar-refractivity contribution in [3.63, 3.8) is 0 Å². The monoisotopic (exact) mass is 425 g/mol. The number of nitrogens with two attached hydrogens (primary N) is 1. The number of carbonyl (C=O) groups excluding carboxylic acids is 3. The second-order valence-corrected chi connectivity index (χ2v) is 10.4. The highest BCUT2D eigenvalue weighted by molar-refractivity contribution is 5.88. The molecule has 0 aliphatic heterocycles. The SMILES string of the molecule is CC[C@H](N)C(=O)O[C@H]1CC[C@@]2(C)C(C1)C(=O)C[C@@H]1[C@@H]2CC[C@]2(C)C(=O)CC[C@@H]12.Cl. The Labute approximate surface area is 180 Å². The van der Waals surface area contributed by atoms with Crippen LogP contribution in [0.2, 0.25) is 0 Å². The molecular weight excluding hydrogens is 390 g/mol. The van der Waals surface area contributed by atoms with Crippen molar-refractivity contribution in [1.82, 2.24) is 0 Å². The summed E-state index contributed by atoms with van der Waals surface area (Å²) in [7, 11) is 0. The molecule has 164 valence electrons. The molecule has 0 aromatic heterocycles. The molecule has 0 radical (unpaired) electrons. The number of ketones is 2.